The fourth-order valence-electron chi connectivity index (χ4n) is 4.57. The molecule has 1 aliphatic carbocycles. The van der Waals surface area contributed by atoms with E-state index in [9.17, 15) is 9.90 Å². The lowest BCUT2D eigenvalue weighted by atomic mass is 9.58. The Bertz CT molecular complexity index is 806. The van der Waals surface area contributed by atoms with Crippen LogP contribution in [-0.2, 0) is 16.0 Å². The van der Waals surface area contributed by atoms with Crippen LogP contribution in [0, 0.1) is 12.3 Å². The number of rotatable bonds is 4. The predicted octanol–water partition coefficient (Wildman–Crippen LogP) is 2.19. The maximum absolute atomic E-state index is 12.7. The number of aromatic nitrogens is 2. The fraction of sp³-hybridized carbons (Fsp3) is 0.600. The zero-order valence-corrected chi connectivity index (χ0v) is 15.5. The highest BCUT2D eigenvalue weighted by Gasteiger charge is 2.56. The highest BCUT2D eigenvalue weighted by atomic mass is 16.5. The lowest BCUT2D eigenvalue weighted by molar-refractivity contribution is -0.210. The number of ether oxygens (including phenoxy) is 1. The van der Waals surface area contributed by atoms with Crippen LogP contribution in [0.2, 0.25) is 0 Å². The van der Waals surface area contributed by atoms with Crippen LogP contribution in [-0.4, -0.2) is 57.8 Å². The van der Waals surface area contributed by atoms with E-state index in [4.69, 9.17) is 4.74 Å². The molecule has 0 bridgehead atoms. The van der Waals surface area contributed by atoms with Crippen LogP contribution in [0.1, 0.15) is 37.6 Å². The number of carbonyl (C=O) groups is 1. The van der Waals surface area contributed by atoms with E-state index in [0.717, 1.165) is 41.7 Å². The van der Waals surface area contributed by atoms with E-state index in [1.807, 2.05) is 36.9 Å². The van der Waals surface area contributed by atoms with Crippen molar-refractivity contribution in [1.82, 2.24) is 14.9 Å². The summed E-state index contributed by atoms with van der Waals surface area (Å²) in [6.07, 6.45) is 2.63. The summed E-state index contributed by atoms with van der Waals surface area (Å²) in [6.45, 7) is 6.00. The van der Waals surface area contributed by atoms with Gasteiger partial charge >= 0.3 is 0 Å². The van der Waals surface area contributed by atoms with Gasteiger partial charge in [0.05, 0.1) is 29.7 Å². The molecule has 1 saturated carbocycles. The van der Waals surface area contributed by atoms with Crippen molar-refractivity contribution in [3.63, 3.8) is 0 Å². The SMILES string of the molecule is CCO[C@H]1C[C@@H](O)C12CCN(C(=O)Cc1ccc3nc(C)[nH]c3c1)CC2. The van der Waals surface area contributed by atoms with Crippen LogP contribution < -0.4 is 0 Å². The third kappa shape index (κ3) is 2.91. The summed E-state index contributed by atoms with van der Waals surface area (Å²) in [6, 6.07) is 5.95. The molecule has 2 aromatic rings. The number of aliphatic hydroxyl groups excluding tert-OH is 1. The Kier molecular flexibility index (Phi) is 4.49. The smallest absolute Gasteiger partial charge is 0.226 e. The average Bonchev–Trinajstić information content (AvgIpc) is 3.01. The van der Waals surface area contributed by atoms with E-state index in [2.05, 4.69) is 9.97 Å². The van der Waals surface area contributed by atoms with E-state index in [-0.39, 0.29) is 23.5 Å². The number of carbonyl (C=O) groups excluding carboxylic acids is 1. The van der Waals surface area contributed by atoms with Gasteiger partial charge in [0.25, 0.3) is 0 Å². The number of aliphatic hydroxyl groups is 1. The molecule has 0 radical (unpaired) electrons. The van der Waals surface area contributed by atoms with Crippen LogP contribution in [0.5, 0.6) is 0 Å². The highest BCUT2D eigenvalue weighted by Crippen LogP contribution is 2.50. The molecule has 2 atom stereocenters. The minimum Gasteiger partial charge on any atom is -0.392 e. The van der Waals surface area contributed by atoms with Gasteiger partial charge in [-0.05, 0) is 44.4 Å². The van der Waals surface area contributed by atoms with Gasteiger partial charge < -0.3 is 19.7 Å². The van der Waals surface area contributed by atoms with Gasteiger partial charge in [-0.15, -0.1) is 0 Å². The molecule has 1 aliphatic heterocycles. The summed E-state index contributed by atoms with van der Waals surface area (Å²) >= 11 is 0. The van der Waals surface area contributed by atoms with E-state index >= 15 is 0 Å². The van der Waals surface area contributed by atoms with E-state index in [1.54, 1.807) is 0 Å². The molecule has 26 heavy (non-hydrogen) atoms. The Balaban J connectivity index is 1.38. The molecular formula is C20H27N3O3. The van der Waals surface area contributed by atoms with Crippen LogP contribution in [0.3, 0.4) is 0 Å². The van der Waals surface area contributed by atoms with E-state index in [1.165, 1.54) is 0 Å². The first-order chi connectivity index (χ1) is 12.5. The topological polar surface area (TPSA) is 78.5 Å². The Morgan fingerprint density at radius 1 is 1.42 bits per heavy atom. The molecule has 140 valence electrons. The van der Waals surface area contributed by atoms with E-state index < -0.39 is 0 Å². The largest absolute Gasteiger partial charge is 0.392 e. The minimum absolute atomic E-state index is 0.140. The van der Waals surface area contributed by atoms with Gasteiger partial charge in [-0.2, -0.15) is 0 Å². The summed E-state index contributed by atoms with van der Waals surface area (Å²) in [5.41, 5.74) is 2.77. The van der Waals surface area contributed by atoms with Gasteiger partial charge in [0.1, 0.15) is 5.82 Å². The number of hydrogen-bond donors (Lipinski definition) is 2. The number of fused-ring (bicyclic) bond motifs is 1. The van der Waals surface area contributed by atoms with Crippen molar-refractivity contribution in [1.29, 1.82) is 0 Å². The molecule has 6 heteroatoms. The number of amides is 1. The molecule has 1 aromatic carbocycles. The third-order valence-electron chi connectivity index (χ3n) is 6.18. The van der Waals surface area contributed by atoms with Crippen molar-refractivity contribution >= 4 is 16.9 Å². The van der Waals surface area contributed by atoms with E-state index in [0.29, 0.717) is 26.1 Å². The highest BCUT2D eigenvalue weighted by molar-refractivity contribution is 5.82. The summed E-state index contributed by atoms with van der Waals surface area (Å²) in [5, 5.41) is 10.3. The second kappa shape index (κ2) is 6.67. The molecule has 1 saturated heterocycles. The van der Waals surface area contributed by atoms with Gasteiger partial charge in [-0.1, -0.05) is 6.07 Å². The zero-order chi connectivity index (χ0) is 18.3. The Hall–Kier alpha value is -1.92. The van der Waals surface area contributed by atoms with Crippen molar-refractivity contribution in [3.8, 4) is 0 Å². The Morgan fingerprint density at radius 2 is 2.19 bits per heavy atom. The molecule has 2 fully saturated rings. The van der Waals surface area contributed by atoms with Gasteiger partial charge in [0.15, 0.2) is 0 Å². The van der Waals surface area contributed by atoms with Gasteiger partial charge in [0, 0.05) is 31.5 Å². The van der Waals surface area contributed by atoms with Crippen molar-refractivity contribution in [3.05, 3.63) is 29.6 Å². The van der Waals surface area contributed by atoms with Gasteiger partial charge in [-0.25, -0.2) is 4.98 Å². The molecule has 2 N–H and O–H groups in total. The molecule has 4 rings (SSSR count). The second-order valence-corrected chi connectivity index (χ2v) is 7.66. The number of aromatic amines is 1. The average molecular weight is 357 g/mol. The van der Waals surface area contributed by atoms with Crippen LogP contribution >= 0.6 is 0 Å². The quantitative estimate of drug-likeness (QED) is 0.879. The third-order valence-corrected chi connectivity index (χ3v) is 6.18. The number of imidazole rings is 1. The summed E-state index contributed by atoms with van der Waals surface area (Å²) < 4.78 is 5.80. The lowest BCUT2D eigenvalue weighted by Crippen LogP contribution is -2.62. The second-order valence-electron chi connectivity index (χ2n) is 7.66. The van der Waals surface area contributed by atoms with Gasteiger partial charge in [0.2, 0.25) is 5.91 Å². The Morgan fingerprint density at radius 3 is 2.88 bits per heavy atom. The summed E-state index contributed by atoms with van der Waals surface area (Å²) in [5.74, 6) is 1.03. The zero-order valence-electron chi connectivity index (χ0n) is 15.5. The maximum Gasteiger partial charge on any atom is 0.226 e. The molecular weight excluding hydrogens is 330 g/mol. The Labute approximate surface area is 153 Å². The molecule has 2 aliphatic rings. The van der Waals surface area contributed by atoms with Crippen molar-refractivity contribution in [2.24, 2.45) is 5.41 Å². The molecule has 1 spiro atoms. The number of nitrogens with zero attached hydrogens (tertiary/aromatic N) is 2. The fourth-order valence-corrected chi connectivity index (χ4v) is 4.57. The predicted molar refractivity (Wildman–Crippen MR) is 98.8 cm³/mol. The number of hydrogen-bond acceptors (Lipinski definition) is 4. The molecule has 1 aromatic heterocycles. The maximum atomic E-state index is 12.7. The van der Waals surface area contributed by atoms with Crippen LogP contribution in [0.15, 0.2) is 18.2 Å². The van der Waals surface area contributed by atoms with Crippen molar-refractivity contribution < 1.29 is 14.6 Å². The molecule has 6 nitrogen and oxygen atoms in total. The van der Waals surface area contributed by atoms with Crippen molar-refractivity contribution in [2.45, 2.75) is 51.7 Å². The number of benzene rings is 1. The van der Waals surface area contributed by atoms with Crippen LogP contribution in [0.4, 0.5) is 0 Å². The number of H-pyrrole nitrogens is 1. The first-order valence-electron chi connectivity index (χ1n) is 9.54. The first-order valence-corrected chi connectivity index (χ1v) is 9.54. The molecule has 0 unspecified atom stereocenters. The monoisotopic (exact) mass is 357 g/mol. The minimum atomic E-state index is -0.290. The number of aryl methyl sites for hydroxylation is 1. The number of nitrogens with one attached hydrogen (secondary N) is 1. The number of piperidine rings is 1. The van der Waals surface area contributed by atoms with Crippen molar-refractivity contribution in [2.75, 3.05) is 19.7 Å². The molecule has 2 heterocycles. The molecule has 1 amide bonds. The summed E-state index contributed by atoms with van der Waals surface area (Å²) in [4.78, 5) is 22.3. The first kappa shape index (κ1) is 17.5. The normalized spacial score (nSPS) is 24.8. The van der Waals surface area contributed by atoms with Crippen LogP contribution in [0.25, 0.3) is 11.0 Å². The summed E-state index contributed by atoms with van der Waals surface area (Å²) in [7, 11) is 0. The standard InChI is InChI=1S/C20H27N3O3/c1-3-26-18-12-17(24)20(18)6-8-23(9-7-20)19(25)11-14-4-5-15-16(10-14)22-13(2)21-15/h4-5,10,17-18,24H,3,6-9,11-12H2,1-2H3,(H,21,22)/t17-,18+/m1/s1. The van der Waals surface area contributed by atoms with Gasteiger partial charge in [-0.3, -0.25) is 4.79 Å². The lowest BCUT2D eigenvalue weighted by Gasteiger charge is -2.56. The number of likely N-dealkylation sites (tertiary alicyclic amines) is 1.